The zero-order valence-electron chi connectivity index (χ0n) is 28.0. The summed E-state index contributed by atoms with van der Waals surface area (Å²) in [4.78, 5) is 39.6. The number of nitrogens with zero attached hydrogens (tertiary/aromatic N) is 1. The largest absolute Gasteiger partial charge is 0.496 e. The molecule has 0 spiro atoms. The van der Waals surface area contributed by atoms with Crippen LogP contribution in [0.3, 0.4) is 0 Å². The molecule has 252 valence electrons. The fourth-order valence-electron chi connectivity index (χ4n) is 5.81. The molecule has 3 N–H and O–H groups in total. The summed E-state index contributed by atoms with van der Waals surface area (Å²) in [5, 5.41) is 8.79. The minimum atomic E-state index is -0.491. The van der Waals surface area contributed by atoms with Crippen LogP contribution in [0.1, 0.15) is 62.1 Å². The van der Waals surface area contributed by atoms with Gasteiger partial charge in [0.15, 0.2) is 0 Å². The lowest BCUT2D eigenvalue weighted by Gasteiger charge is -2.25. The van der Waals surface area contributed by atoms with E-state index in [4.69, 9.17) is 14.2 Å². The van der Waals surface area contributed by atoms with Crippen LogP contribution in [0.5, 0.6) is 11.5 Å². The second-order valence-corrected chi connectivity index (χ2v) is 11.7. The van der Waals surface area contributed by atoms with Gasteiger partial charge in [0, 0.05) is 62.6 Å². The number of carbonyl (C=O) groups is 3. The molecule has 0 fully saturated rings. The van der Waals surface area contributed by atoms with Crippen molar-refractivity contribution in [2.24, 2.45) is 0 Å². The van der Waals surface area contributed by atoms with Gasteiger partial charge in [-0.05, 0) is 68.1 Å². The lowest BCUT2D eigenvalue weighted by Crippen LogP contribution is -2.38. The molecule has 0 saturated heterocycles. The van der Waals surface area contributed by atoms with Gasteiger partial charge < -0.3 is 35.1 Å². The lowest BCUT2D eigenvalue weighted by atomic mass is 9.98. The van der Waals surface area contributed by atoms with Gasteiger partial charge in [-0.25, -0.2) is 4.79 Å². The molecule has 0 bridgehead atoms. The fourth-order valence-corrected chi connectivity index (χ4v) is 5.81. The Morgan fingerprint density at radius 1 is 0.957 bits per heavy atom. The van der Waals surface area contributed by atoms with Gasteiger partial charge in [-0.3, -0.25) is 9.59 Å². The third-order valence-corrected chi connectivity index (χ3v) is 8.29. The van der Waals surface area contributed by atoms with Gasteiger partial charge in [-0.2, -0.15) is 0 Å². The van der Waals surface area contributed by atoms with Crippen molar-refractivity contribution in [2.75, 3.05) is 47.0 Å². The van der Waals surface area contributed by atoms with Crippen molar-refractivity contribution in [3.63, 3.8) is 0 Å². The van der Waals surface area contributed by atoms with Crippen LogP contribution in [0.2, 0.25) is 0 Å². The van der Waals surface area contributed by atoms with E-state index in [0.717, 1.165) is 16.7 Å². The predicted molar refractivity (Wildman–Crippen MR) is 183 cm³/mol. The molecule has 0 aliphatic heterocycles. The number of rotatable bonds is 18. The predicted octanol–water partition coefficient (Wildman–Crippen LogP) is 5.25. The molecule has 0 heterocycles. The number of amides is 3. The van der Waals surface area contributed by atoms with Gasteiger partial charge in [0.25, 0.3) is 0 Å². The highest BCUT2D eigenvalue weighted by molar-refractivity contribution is 5.79. The fraction of sp³-hybridized carbons (Fsp3) is 0.432. The molecule has 0 saturated carbocycles. The number of carbonyl (C=O) groups excluding carboxylic acids is 3. The molecule has 3 aromatic rings. The Kier molecular flexibility index (Phi) is 13.5. The number of nitrogens with one attached hydrogen (secondary N) is 3. The molecular weight excluding hydrogens is 596 g/mol. The van der Waals surface area contributed by atoms with Gasteiger partial charge in [0.2, 0.25) is 11.8 Å². The quantitative estimate of drug-likeness (QED) is 0.162. The van der Waals surface area contributed by atoms with E-state index >= 15 is 0 Å². The van der Waals surface area contributed by atoms with E-state index in [1.54, 1.807) is 12.0 Å². The van der Waals surface area contributed by atoms with Gasteiger partial charge in [0.1, 0.15) is 18.1 Å². The van der Waals surface area contributed by atoms with Gasteiger partial charge in [-0.15, -0.1) is 0 Å². The third-order valence-electron chi connectivity index (χ3n) is 8.29. The molecule has 3 aromatic carbocycles. The first-order valence-corrected chi connectivity index (χ1v) is 16.4. The second-order valence-electron chi connectivity index (χ2n) is 11.7. The van der Waals surface area contributed by atoms with E-state index in [1.807, 2.05) is 63.4 Å². The molecule has 1 unspecified atom stereocenters. The third kappa shape index (κ3) is 9.96. The Morgan fingerprint density at radius 3 is 2.32 bits per heavy atom. The van der Waals surface area contributed by atoms with Crippen LogP contribution in [0.25, 0.3) is 11.1 Å². The van der Waals surface area contributed by atoms with Gasteiger partial charge in [0.05, 0.1) is 13.7 Å². The van der Waals surface area contributed by atoms with Crippen molar-refractivity contribution in [1.82, 2.24) is 20.9 Å². The Bertz CT molecular complexity index is 1450. The summed E-state index contributed by atoms with van der Waals surface area (Å²) in [6.07, 6.45) is 1.26. The number of fused-ring (bicyclic) bond motifs is 3. The van der Waals surface area contributed by atoms with Crippen molar-refractivity contribution in [2.45, 2.75) is 58.0 Å². The summed E-state index contributed by atoms with van der Waals surface area (Å²) < 4.78 is 17.1. The summed E-state index contributed by atoms with van der Waals surface area (Å²) in [5.41, 5.74) is 5.54. The first-order valence-electron chi connectivity index (χ1n) is 16.4. The number of likely N-dealkylation sites (N-methyl/N-ethyl adjacent to an activating group) is 1. The van der Waals surface area contributed by atoms with E-state index in [9.17, 15) is 14.4 Å². The van der Waals surface area contributed by atoms with E-state index in [0.29, 0.717) is 63.5 Å². The number of alkyl carbamates (subject to hydrolysis) is 1. The molecule has 47 heavy (non-hydrogen) atoms. The van der Waals surface area contributed by atoms with E-state index in [-0.39, 0.29) is 36.8 Å². The Hall–Kier alpha value is -4.57. The minimum absolute atomic E-state index is 0.0118. The normalized spacial score (nSPS) is 12.4. The molecule has 1 aliphatic rings. The highest BCUT2D eigenvalue weighted by atomic mass is 16.5. The van der Waals surface area contributed by atoms with E-state index < -0.39 is 6.09 Å². The second kappa shape index (κ2) is 17.9. The van der Waals surface area contributed by atoms with Crippen LogP contribution < -0.4 is 25.4 Å². The highest BCUT2D eigenvalue weighted by Gasteiger charge is 2.29. The average molecular weight is 645 g/mol. The van der Waals surface area contributed by atoms with Crippen molar-refractivity contribution in [3.05, 3.63) is 83.4 Å². The summed E-state index contributed by atoms with van der Waals surface area (Å²) in [6, 6.07) is 21.8. The molecular formula is C37H48N4O6. The maximum atomic E-state index is 13.4. The number of methoxy groups -OCH3 is 1. The topological polar surface area (TPSA) is 118 Å². The molecule has 1 atom stereocenters. The monoisotopic (exact) mass is 644 g/mol. The zero-order chi connectivity index (χ0) is 33.6. The standard InChI is InChI=1S/C37H48N4O6/c1-5-39-35(42)15-10-22-46-28-18-17-27(34(23-28)45-4)24-41(21-20-38-3)36(43)19-16-26(2)40-37(44)47-25-33-31-13-8-6-11-29(31)30-12-7-9-14-32(30)33/h6-9,11-14,17-18,23,26,33,38H,5,10,15-16,19-22,24-25H2,1-4H3,(H,39,42)(H,40,44). The van der Waals surface area contributed by atoms with Crippen molar-refractivity contribution in [3.8, 4) is 22.6 Å². The van der Waals surface area contributed by atoms with Crippen molar-refractivity contribution < 1.29 is 28.6 Å². The molecule has 10 nitrogen and oxygen atoms in total. The van der Waals surface area contributed by atoms with Gasteiger partial charge >= 0.3 is 6.09 Å². The van der Waals surface area contributed by atoms with Crippen LogP contribution in [0.15, 0.2) is 66.7 Å². The zero-order valence-corrected chi connectivity index (χ0v) is 28.0. The molecule has 3 amide bonds. The van der Waals surface area contributed by atoms with Crippen LogP contribution in [-0.2, 0) is 20.9 Å². The summed E-state index contributed by atoms with van der Waals surface area (Å²) in [7, 11) is 3.44. The summed E-state index contributed by atoms with van der Waals surface area (Å²) in [6.45, 7) is 6.56. The number of hydrogen-bond donors (Lipinski definition) is 3. The Labute approximate surface area is 278 Å². The van der Waals surface area contributed by atoms with E-state index in [1.165, 1.54) is 11.1 Å². The number of benzene rings is 3. The van der Waals surface area contributed by atoms with Gasteiger partial charge in [-0.1, -0.05) is 48.5 Å². The summed E-state index contributed by atoms with van der Waals surface area (Å²) in [5.74, 6) is 1.25. The molecule has 1 aliphatic carbocycles. The molecule has 10 heteroatoms. The highest BCUT2D eigenvalue weighted by Crippen LogP contribution is 2.44. The lowest BCUT2D eigenvalue weighted by molar-refractivity contribution is -0.132. The minimum Gasteiger partial charge on any atom is -0.496 e. The average Bonchev–Trinajstić information content (AvgIpc) is 3.40. The van der Waals surface area contributed by atoms with Crippen LogP contribution in [-0.4, -0.2) is 75.9 Å². The first kappa shape index (κ1) is 35.3. The smallest absolute Gasteiger partial charge is 0.407 e. The molecule has 0 radical (unpaired) electrons. The van der Waals surface area contributed by atoms with Crippen molar-refractivity contribution in [1.29, 1.82) is 0 Å². The van der Waals surface area contributed by atoms with Crippen LogP contribution in [0.4, 0.5) is 4.79 Å². The van der Waals surface area contributed by atoms with E-state index in [2.05, 4.69) is 40.2 Å². The molecule has 0 aromatic heterocycles. The SMILES string of the molecule is CCNC(=O)CCCOc1ccc(CN(CCNC)C(=O)CCC(C)NC(=O)OCC2c3ccccc3-c3ccccc32)c(OC)c1. The molecule has 4 rings (SSSR count). The number of hydrogen-bond acceptors (Lipinski definition) is 7. The summed E-state index contributed by atoms with van der Waals surface area (Å²) >= 11 is 0. The van der Waals surface area contributed by atoms with Crippen LogP contribution in [0, 0.1) is 0 Å². The van der Waals surface area contributed by atoms with Crippen LogP contribution >= 0.6 is 0 Å². The number of ether oxygens (including phenoxy) is 3. The Balaban J connectivity index is 1.26. The maximum Gasteiger partial charge on any atom is 0.407 e. The first-order chi connectivity index (χ1) is 22.8. The van der Waals surface area contributed by atoms with Crippen molar-refractivity contribution >= 4 is 17.9 Å². The maximum absolute atomic E-state index is 13.4. The Morgan fingerprint density at radius 2 is 1.66 bits per heavy atom.